The van der Waals surface area contributed by atoms with Gasteiger partial charge in [0.1, 0.15) is 17.8 Å². The first-order valence-electron chi connectivity index (χ1n) is 7.03. The van der Waals surface area contributed by atoms with E-state index in [1.807, 2.05) is 6.07 Å². The maximum absolute atomic E-state index is 6.14. The molecule has 0 amide bonds. The van der Waals surface area contributed by atoms with Crippen LogP contribution < -0.4 is 5.73 Å². The summed E-state index contributed by atoms with van der Waals surface area (Å²) in [5.41, 5.74) is 10.9. The van der Waals surface area contributed by atoms with Crippen LogP contribution in [0.1, 0.15) is 18.5 Å². The Bertz CT molecular complexity index is 774. The molecule has 4 nitrogen and oxygen atoms in total. The molecule has 4 rings (SSSR count). The summed E-state index contributed by atoms with van der Waals surface area (Å²) in [6, 6.07) is 10.4. The van der Waals surface area contributed by atoms with Gasteiger partial charge in [-0.25, -0.2) is 9.97 Å². The van der Waals surface area contributed by atoms with Crippen LogP contribution in [0.2, 0.25) is 0 Å². The third-order valence-corrected chi connectivity index (χ3v) is 4.08. The molecule has 20 heavy (non-hydrogen) atoms. The molecule has 0 saturated carbocycles. The number of aryl methyl sites for hydroxylation is 1. The maximum Gasteiger partial charge on any atom is 0.146 e. The highest BCUT2D eigenvalue weighted by Crippen LogP contribution is 2.38. The van der Waals surface area contributed by atoms with Gasteiger partial charge in [-0.05, 0) is 24.8 Å². The summed E-state index contributed by atoms with van der Waals surface area (Å²) in [4.78, 5) is 8.66. The Morgan fingerprint density at radius 2 is 1.90 bits per heavy atom. The number of rotatable bonds is 1. The zero-order valence-corrected chi connectivity index (χ0v) is 11.2. The minimum Gasteiger partial charge on any atom is -0.383 e. The van der Waals surface area contributed by atoms with E-state index in [4.69, 9.17) is 5.73 Å². The van der Waals surface area contributed by atoms with Gasteiger partial charge in [0.15, 0.2) is 0 Å². The van der Waals surface area contributed by atoms with Gasteiger partial charge in [-0.2, -0.15) is 0 Å². The lowest BCUT2D eigenvalue weighted by Crippen LogP contribution is -2.10. The first-order chi connectivity index (χ1) is 9.86. The highest BCUT2D eigenvalue weighted by molar-refractivity contribution is 6.02. The fourth-order valence-corrected chi connectivity index (χ4v) is 3.22. The molecule has 0 spiro atoms. The molecule has 1 aliphatic heterocycles. The lowest BCUT2D eigenvalue weighted by Gasteiger charge is -2.16. The zero-order valence-electron chi connectivity index (χ0n) is 11.2. The number of hydrogen-bond acceptors (Lipinski definition) is 3. The first-order valence-corrected chi connectivity index (χ1v) is 7.03. The monoisotopic (exact) mass is 264 g/mol. The van der Waals surface area contributed by atoms with E-state index in [-0.39, 0.29) is 0 Å². The second kappa shape index (κ2) is 4.34. The summed E-state index contributed by atoms with van der Waals surface area (Å²) in [5, 5.41) is 1.01. The summed E-state index contributed by atoms with van der Waals surface area (Å²) >= 11 is 0. The Balaban J connectivity index is 2.13. The van der Waals surface area contributed by atoms with Crippen molar-refractivity contribution in [2.24, 2.45) is 0 Å². The number of nitrogens with zero attached hydrogens (tertiary/aromatic N) is 3. The van der Waals surface area contributed by atoms with Crippen molar-refractivity contribution in [1.29, 1.82) is 0 Å². The standard InChI is InChI=1S/C16H16N4/c17-15-14-13(11-6-2-1-3-7-11)12-8-4-5-9-20(12)16(14)19-10-18-15/h1-3,6-7,10H,4-5,8-9H2,(H2,17,18,19). The van der Waals surface area contributed by atoms with E-state index in [1.54, 1.807) is 6.33 Å². The van der Waals surface area contributed by atoms with Crippen molar-refractivity contribution in [2.45, 2.75) is 25.8 Å². The zero-order chi connectivity index (χ0) is 13.5. The second-order valence-electron chi connectivity index (χ2n) is 5.25. The van der Waals surface area contributed by atoms with Crippen LogP contribution in [0.25, 0.3) is 22.2 Å². The van der Waals surface area contributed by atoms with Gasteiger partial charge in [0.05, 0.1) is 5.39 Å². The number of nitrogen functional groups attached to an aromatic ring is 1. The number of nitrogens with two attached hydrogens (primary N) is 1. The normalized spacial score (nSPS) is 14.4. The van der Waals surface area contributed by atoms with Gasteiger partial charge in [-0.3, -0.25) is 0 Å². The largest absolute Gasteiger partial charge is 0.383 e. The Labute approximate surface area is 117 Å². The molecule has 0 saturated heterocycles. The smallest absolute Gasteiger partial charge is 0.146 e. The van der Waals surface area contributed by atoms with Gasteiger partial charge in [-0.1, -0.05) is 30.3 Å². The molecule has 0 radical (unpaired) electrons. The summed E-state index contributed by atoms with van der Waals surface area (Å²) in [6.07, 6.45) is 5.08. The molecule has 3 heterocycles. The topological polar surface area (TPSA) is 56.7 Å². The van der Waals surface area contributed by atoms with Crippen LogP contribution in [0.15, 0.2) is 36.7 Å². The molecule has 0 fully saturated rings. The molecule has 0 aliphatic carbocycles. The van der Waals surface area contributed by atoms with E-state index >= 15 is 0 Å². The fraction of sp³-hybridized carbons (Fsp3) is 0.250. The van der Waals surface area contributed by atoms with E-state index in [0.29, 0.717) is 5.82 Å². The van der Waals surface area contributed by atoms with Crippen molar-refractivity contribution in [2.75, 3.05) is 5.73 Å². The van der Waals surface area contributed by atoms with Crippen LogP contribution in [0.3, 0.4) is 0 Å². The molecule has 0 bridgehead atoms. The van der Waals surface area contributed by atoms with Gasteiger partial charge in [-0.15, -0.1) is 0 Å². The average molecular weight is 264 g/mol. The van der Waals surface area contributed by atoms with Gasteiger partial charge in [0.25, 0.3) is 0 Å². The summed E-state index contributed by atoms with van der Waals surface area (Å²) in [6.45, 7) is 1.02. The first kappa shape index (κ1) is 11.5. The van der Waals surface area contributed by atoms with Crippen LogP contribution in [0.4, 0.5) is 5.82 Å². The van der Waals surface area contributed by atoms with Crippen molar-refractivity contribution in [3.05, 3.63) is 42.4 Å². The SMILES string of the molecule is Nc1ncnc2c1c(-c1ccccc1)c1n2CCCC1. The molecule has 1 aliphatic rings. The lowest BCUT2D eigenvalue weighted by molar-refractivity contribution is 0.543. The summed E-state index contributed by atoms with van der Waals surface area (Å²) in [5.74, 6) is 0.579. The molecule has 0 atom stereocenters. The highest BCUT2D eigenvalue weighted by Gasteiger charge is 2.23. The molecule has 1 aromatic carbocycles. The number of fused-ring (bicyclic) bond motifs is 3. The third kappa shape index (κ3) is 1.54. The molecule has 4 heteroatoms. The molecule has 2 aromatic heterocycles. The average Bonchev–Trinajstić information content (AvgIpc) is 2.84. The van der Waals surface area contributed by atoms with Gasteiger partial charge >= 0.3 is 0 Å². The van der Waals surface area contributed by atoms with Crippen molar-refractivity contribution in [3.63, 3.8) is 0 Å². The van der Waals surface area contributed by atoms with E-state index in [0.717, 1.165) is 24.0 Å². The molecule has 0 unspecified atom stereocenters. The summed E-state index contributed by atoms with van der Waals surface area (Å²) < 4.78 is 2.32. The van der Waals surface area contributed by atoms with Crippen LogP contribution in [0, 0.1) is 0 Å². The second-order valence-corrected chi connectivity index (χ2v) is 5.25. The van der Waals surface area contributed by atoms with E-state index < -0.39 is 0 Å². The maximum atomic E-state index is 6.14. The Morgan fingerprint density at radius 3 is 2.75 bits per heavy atom. The van der Waals surface area contributed by atoms with Gasteiger partial charge < -0.3 is 10.3 Å². The van der Waals surface area contributed by atoms with Gasteiger partial charge in [0, 0.05) is 17.8 Å². The quantitative estimate of drug-likeness (QED) is 0.735. The van der Waals surface area contributed by atoms with E-state index in [2.05, 4.69) is 38.8 Å². The predicted octanol–water partition coefficient (Wildman–Crippen LogP) is 3.02. The Hall–Kier alpha value is -2.36. The third-order valence-electron chi connectivity index (χ3n) is 4.08. The van der Waals surface area contributed by atoms with Crippen LogP contribution in [0.5, 0.6) is 0 Å². The number of anilines is 1. The van der Waals surface area contributed by atoms with Gasteiger partial charge in [0.2, 0.25) is 0 Å². The Kier molecular flexibility index (Phi) is 2.49. The molecule has 100 valence electrons. The van der Waals surface area contributed by atoms with Crippen LogP contribution in [-0.4, -0.2) is 14.5 Å². The molecular formula is C16H16N4. The van der Waals surface area contributed by atoms with Crippen LogP contribution in [-0.2, 0) is 13.0 Å². The van der Waals surface area contributed by atoms with E-state index in [1.165, 1.54) is 29.7 Å². The Morgan fingerprint density at radius 1 is 1.05 bits per heavy atom. The van der Waals surface area contributed by atoms with Crippen molar-refractivity contribution < 1.29 is 0 Å². The highest BCUT2D eigenvalue weighted by atomic mass is 15.1. The fourth-order valence-electron chi connectivity index (χ4n) is 3.22. The number of hydrogen-bond donors (Lipinski definition) is 1. The van der Waals surface area contributed by atoms with Crippen molar-refractivity contribution in [3.8, 4) is 11.1 Å². The van der Waals surface area contributed by atoms with E-state index in [9.17, 15) is 0 Å². The molecule has 2 N–H and O–H groups in total. The predicted molar refractivity (Wildman–Crippen MR) is 80.3 cm³/mol. The number of benzene rings is 1. The molecule has 3 aromatic rings. The van der Waals surface area contributed by atoms with Crippen LogP contribution >= 0.6 is 0 Å². The van der Waals surface area contributed by atoms with Crippen molar-refractivity contribution in [1.82, 2.24) is 14.5 Å². The lowest BCUT2D eigenvalue weighted by atomic mass is 9.99. The summed E-state index contributed by atoms with van der Waals surface area (Å²) in [7, 11) is 0. The molecular weight excluding hydrogens is 248 g/mol. The number of aromatic nitrogens is 3. The minimum absolute atomic E-state index is 0.579. The minimum atomic E-state index is 0.579. The van der Waals surface area contributed by atoms with Crippen molar-refractivity contribution >= 4 is 16.9 Å².